The second-order valence-electron chi connectivity index (χ2n) is 3.87. The van der Waals surface area contributed by atoms with Crippen LogP contribution in [0, 0.1) is 6.92 Å². The van der Waals surface area contributed by atoms with Crippen molar-refractivity contribution < 1.29 is 4.79 Å². The van der Waals surface area contributed by atoms with Crippen LogP contribution in [0.1, 0.15) is 22.3 Å². The molecular weight excluding hydrogens is 174 g/mol. The van der Waals surface area contributed by atoms with Crippen molar-refractivity contribution in [1.82, 2.24) is 4.90 Å². The van der Waals surface area contributed by atoms with Gasteiger partial charge in [0.2, 0.25) is 0 Å². The molecule has 1 aromatic carbocycles. The minimum Gasteiger partial charge on any atom is -0.296 e. The Morgan fingerprint density at radius 1 is 1.36 bits per heavy atom. The SMILES string of the molecule is Cc1ccccc1C(=O)CN1CCC1. The first-order valence-corrected chi connectivity index (χ1v) is 5.08. The van der Waals surface area contributed by atoms with Gasteiger partial charge in [-0.05, 0) is 32.0 Å². The van der Waals surface area contributed by atoms with Crippen LogP contribution < -0.4 is 0 Å². The van der Waals surface area contributed by atoms with Crippen LogP contribution in [0.3, 0.4) is 0 Å². The molecule has 0 aliphatic carbocycles. The fraction of sp³-hybridized carbons (Fsp3) is 0.417. The van der Waals surface area contributed by atoms with Crippen LogP contribution in [0.15, 0.2) is 24.3 Å². The van der Waals surface area contributed by atoms with Gasteiger partial charge < -0.3 is 0 Å². The fourth-order valence-corrected chi connectivity index (χ4v) is 1.71. The second-order valence-corrected chi connectivity index (χ2v) is 3.87. The summed E-state index contributed by atoms with van der Waals surface area (Å²) in [4.78, 5) is 14.0. The molecule has 0 spiro atoms. The molecule has 0 saturated carbocycles. The Morgan fingerprint density at radius 2 is 2.07 bits per heavy atom. The van der Waals surface area contributed by atoms with Crippen LogP contribution in [0.4, 0.5) is 0 Å². The summed E-state index contributed by atoms with van der Waals surface area (Å²) in [6, 6.07) is 7.80. The molecule has 2 nitrogen and oxygen atoms in total. The minimum atomic E-state index is 0.253. The Kier molecular flexibility index (Phi) is 2.64. The molecule has 0 N–H and O–H groups in total. The molecule has 2 heteroatoms. The number of Topliss-reactive ketones (excluding diaryl/α,β-unsaturated/α-hetero) is 1. The van der Waals surface area contributed by atoms with E-state index in [1.54, 1.807) is 0 Å². The molecule has 1 fully saturated rings. The van der Waals surface area contributed by atoms with E-state index in [9.17, 15) is 4.79 Å². The summed E-state index contributed by atoms with van der Waals surface area (Å²) in [5.41, 5.74) is 1.96. The number of hydrogen-bond donors (Lipinski definition) is 0. The van der Waals surface area contributed by atoms with E-state index in [1.165, 1.54) is 6.42 Å². The van der Waals surface area contributed by atoms with Gasteiger partial charge in [0.15, 0.2) is 5.78 Å². The van der Waals surface area contributed by atoms with Crippen LogP contribution in [0.2, 0.25) is 0 Å². The molecule has 74 valence electrons. The van der Waals surface area contributed by atoms with Gasteiger partial charge in [-0.2, -0.15) is 0 Å². The van der Waals surface area contributed by atoms with Gasteiger partial charge in [-0.1, -0.05) is 24.3 Å². The standard InChI is InChI=1S/C12H15NO/c1-10-5-2-3-6-11(10)12(14)9-13-7-4-8-13/h2-3,5-6H,4,7-9H2,1H3. The fourth-order valence-electron chi connectivity index (χ4n) is 1.71. The third-order valence-electron chi connectivity index (χ3n) is 2.76. The van der Waals surface area contributed by atoms with Crippen molar-refractivity contribution in [3.8, 4) is 0 Å². The summed E-state index contributed by atoms with van der Waals surface area (Å²) in [5, 5.41) is 0. The molecule has 1 heterocycles. The predicted octanol–water partition coefficient (Wildman–Crippen LogP) is 1.88. The summed E-state index contributed by atoms with van der Waals surface area (Å²) < 4.78 is 0. The Morgan fingerprint density at radius 3 is 2.64 bits per heavy atom. The highest BCUT2D eigenvalue weighted by Gasteiger charge is 2.18. The van der Waals surface area contributed by atoms with Crippen LogP contribution in [0.5, 0.6) is 0 Å². The Labute approximate surface area is 84.5 Å². The van der Waals surface area contributed by atoms with Crippen molar-refractivity contribution in [2.45, 2.75) is 13.3 Å². The molecule has 1 aliphatic rings. The largest absolute Gasteiger partial charge is 0.296 e. The maximum absolute atomic E-state index is 11.8. The maximum Gasteiger partial charge on any atom is 0.177 e. The first-order valence-electron chi connectivity index (χ1n) is 5.08. The molecule has 1 saturated heterocycles. The van der Waals surface area contributed by atoms with Crippen molar-refractivity contribution in [1.29, 1.82) is 0 Å². The molecule has 0 atom stereocenters. The molecule has 1 aromatic rings. The zero-order valence-corrected chi connectivity index (χ0v) is 8.49. The number of likely N-dealkylation sites (tertiary alicyclic amines) is 1. The zero-order valence-electron chi connectivity index (χ0n) is 8.49. The predicted molar refractivity (Wildman–Crippen MR) is 56.6 cm³/mol. The average molecular weight is 189 g/mol. The first-order chi connectivity index (χ1) is 6.77. The highest BCUT2D eigenvalue weighted by molar-refractivity contribution is 5.98. The van der Waals surface area contributed by atoms with E-state index in [0.717, 1.165) is 24.2 Å². The lowest BCUT2D eigenvalue weighted by Gasteiger charge is -2.29. The van der Waals surface area contributed by atoms with Crippen LogP contribution in [-0.2, 0) is 0 Å². The summed E-state index contributed by atoms with van der Waals surface area (Å²) in [5.74, 6) is 0.253. The monoisotopic (exact) mass is 189 g/mol. The van der Waals surface area contributed by atoms with Gasteiger partial charge in [0.05, 0.1) is 6.54 Å². The number of carbonyl (C=O) groups is 1. The minimum absolute atomic E-state index is 0.253. The number of rotatable bonds is 3. The first kappa shape index (κ1) is 9.41. The molecule has 1 aliphatic heterocycles. The molecule has 14 heavy (non-hydrogen) atoms. The van der Waals surface area contributed by atoms with Crippen molar-refractivity contribution in [2.24, 2.45) is 0 Å². The van der Waals surface area contributed by atoms with Gasteiger partial charge >= 0.3 is 0 Å². The van der Waals surface area contributed by atoms with Crippen molar-refractivity contribution in [3.05, 3.63) is 35.4 Å². The van der Waals surface area contributed by atoms with E-state index in [2.05, 4.69) is 4.90 Å². The van der Waals surface area contributed by atoms with Crippen molar-refractivity contribution in [2.75, 3.05) is 19.6 Å². The molecular formula is C12H15NO. The molecule has 0 amide bonds. The quantitative estimate of drug-likeness (QED) is 0.677. The van der Waals surface area contributed by atoms with Gasteiger partial charge in [-0.15, -0.1) is 0 Å². The summed E-state index contributed by atoms with van der Waals surface area (Å²) in [6.07, 6.45) is 1.24. The van der Waals surface area contributed by atoms with Crippen LogP contribution >= 0.6 is 0 Å². The van der Waals surface area contributed by atoms with E-state index in [4.69, 9.17) is 0 Å². The maximum atomic E-state index is 11.8. The van der Waals surface area contributed by atoms with Crippen LogP contribution in [0.25, 0.3) is 0 Å². The lowest BCUT2D eigenvalue weighted by Crippen LogP contribution is -2.40. The molecule has 0 unspecified atom stereocenters. The molecule has 2 rings (SSSR count). The lowest BCUT2D eigenvalue weighted by atomic mass is 10.0. The zero-order chi connectivity index (χ0) is 9.97. The average Bonchev–Trinajstić information content (AvgIpc) is 2.12. The summed E-state index contributed by atoms with van der Waals surface area (Å²) in [7, 11) is 0. The molecule has 0 bridgehead atoms. The van der Waals surface area contributed by atoms with Gasteiger partial charge in [0, 0.05) is 5.56 Å². The molecule has 0 aromatic heterocycles. The molecule has 0 radical (unpaired) electrons. The third-order valence-corrected chi connectivity index (χ3v) is 2.76. The van der Waals surface area contributed by atoms with E-state index in [1.807, 2.05) is 31.2 Å². The number of ketones is 1. The van der Waals surface area contributed by atoms with Gasteiger partial charge in [-0.3, -0.25) is 9.69 Å². The Bertz CT molecular complexity index is 342. The Balaban J connectivity index is 2.06. The van der Waals surface area contributed by atoms with E-state index >= 15 is 0 Å². The van der Waals surface area contributed by atoms with E-state index in [-0.39, 0.29) is 5.78 Å². The smallest absolute Gasteiger partial charge is 0.177 e. The van der Waals surface area contributed by atoms with Crippen LogP contribution in [-0.4, -0.2) is 30.3 Å². The lowest BCUT2D eigenvalue weighted by molar-refractivity contribution is 0.0874. The Hall–Kier alpha value is -1.15. The topological polar surface area (TPSA) is 20.3 Å². The second kappa shape index (κ2) is 3.93. The number of aryl methyl sites for hydroxylation is 1. The highest BCUT2D eigenvalue weighted by atomic mass is 16.1. The van der Waals surface area contributed by atoms with Crippen molar-refractivity contribution >= 4 is 5.78 Å². The summed E-state index contributed by atoms with van der Waals surface area (Å²) in [6.45, 7) is 4.74. The van der Waals surface area contributed by atoms with E-state index in [0.29, 0.717) is 6.54 Å². The van der Waals surface area contributed by atoms with Gasteiger partial charge in [-0.25, -0.2) is 0 Å². The summed E-state index contributed by atoms with van der Waals surface area (Å²) >= 11 is 0. The third kappa shape index (κ3) is 1.85. The number of nitrogens with zero attached hydrogens (tertiary/aromatic N) is 1. The number of benzene rings is 1. The number of carbonyl (C=O) groups excluding carboxylic acids is 1. The van der Waals surface area contributed by atoms with E-state index < -0.39 is 0 Å². The normalized spacial score (nSPS) is 16.4. The van der Waals surface area contributed by atoms with Crippen molar-refractivity contribution in [3.63, 3.8) is 0 Å². The number of hydrogen-bond acceptors (Lipinski definition) is 2. The van der Waals surface area contributed by atoms with Gasteiger partial charge in [0.25, 0.3) is 0 Å². The van der Waals surface area contributed by atoms with Gasteiger partial charge in [0.1, 0.15) is 0 Å². The highest BCUT2D eigenvalue weighted by Crippen LogP contribution is 2.11.